The Kier molecular flexibility index (Phi) is 11.2. The van der Waals surface area contributed by atoms with Crippen molar-refractivity contribution in [1.29, 1.82) is 0 Å². The van der Waals surface area contributed by atoms with Crippen molar-refractivity contribution >= 4 is 0 Å². The second-order valence-corrected chi connectivity index (χ2v) is 10.1. The molecular formula is C36H36O6. The monoisotopic (exact) mass is 564 g/mol. The first kappa shape index (κ1) is 29.5. The lowest BCUT2D eigenvalue weighted by molar-refractivity contribution is -0.315. The third-order valence-corrected chi connectivity index (χ3v) is 7.02. The van der Waals surface area contributed by atoms with Gasteiger partial charge in [0, 0.05) is 0 Å². The van der Waals surface area contributed by atoms with Crippen molar-refractivity contribution < 1.29 is 28.4 Å². The second kappa shape index (κ2) is 15.9. The molecule has 1 aliphatic heterocycles. The standard InChI is InChI=1S/C36H36O6/c1-2-38-36-35(41-26-31-21-13-6-14-22-31)34(40-25-30-19-11-5-12-20-30)33(39-24-29-17-9-4-10-18-29)32(42-36)27-37-23-28-15-7-3-8-16-28/h1,3-22,32-36H,23-27H2/t32-,33-,34+,35-,36+/m1/s1. The summed E-state index contributed by atoms with van der Waals surface area (Å²) in [5.74, 6) is 0. The summed E-state index contributed by atoms with van der Waals surface area (Å²) in [5.41, 5.74) is 4.13. The predicted molar refractivity (Wildman–Crippen MR) is 160 cm³/mol. The van der Waals surface area contributed by atoms with Gasteiger partial charge >= 0.3 is 0 Å². The number of benzene rings is 4. The number of hydrogen-bond donors (Lipinski definition) is 0. The maximum atomic E-state index is 6.61. The first-order chi connectivity index (χ1) is 20.8. The highest BCUT2D eigenvalue weighted by Crippen LogP contribution is 2.31. The third kappa shape index (κ3) is 8.53. The molecule has 0 saturated carbocycles. The molecule has 0 bridgehead atoms. The van der Waals surface area contributed by atoms with E-state index >= 15 is 0 Å². The molecule has 0 radical (unpaired) electrons. The topological polar surface area (TPSA) is 55.4 Å². The van der Waals surface area contributed by atoms with Crippen molar-refractivity contribution in [2.24, 2.45) is 0 Å². The van der Waals surface area contributed by atoms with Crippen molar-refractivity contribution in [3.63, 3.8) is 0 Å². The van der Waals surface area contributed by atoms with Gasteiger partial charge in [-0.1, -0.05) is 128 Å². The molecule has 1 saturated heterocycles. The fourth-order valence-corrected chi connectivity index (χ4v) is 4.91. The molecule has 0 unspecified atom stereocenters. The van der Waals surface area contributed by atoms with Crippen LogP contribution in [-0.4, -0.2) is 37.3 Å². The molecule has 4 aromatic rings. The van der Waals surface area contributed by atoms with Crippen LogP contribution >= 0.6 is 0 Å². The summed E-state index contributed by atoms with van der Waals surface area (Å²) in [5, 5.41) is 0. The van der Waals surface area contributed by atoms with Gasteiger partial charge in [0.15, 0.2) is 0 Å². The Labute approximate surface area is 248 Å². The Morgan fingerprint density at radius 2 is 0.929 bits per heavy atom. The molecule has 0 spiro atoms. The van der Waals surface area contributed by atoms with E-state index in [0.29, 0.717) is 26.4 Å². The molecule has 216 valence electrons. The normalized spacial score (nSPS) is 21.8. The van der Waals surface area contributed by atoms with Gasteiger partial charge in [-0.15, -0.1) is 0 Å². The molecule has 1 aliphatic rings. The summed E-state index contributed by atoms with van der Waals surface area (Å²) in [6.07, 6.45) is 4.71. The van der Waals surface area contributed by atoms with Crippen LogP contribution in [0.5, 0.6) is 0 Å². The van der Waals surface area contributed by atoms with Gasteiger partial charge in [-0.3, -0.25) is 0 Å². The van der Waals surface area contributed by atoms with E-state index in [4.69, 9.17) is 34.8 Å². The SMILES string of the molecule is C#CO[C@H]1O[C@H](COCc2ccccc2)[C@@H](OCc2ccccc2)[C@H](OCc2ccccc2)[C@H]1OCc1ccccc1. The van der Waals surface area contributed by atoms with E-state index in [1.54, 1.807) is 0 Å². The van der Waals surface area contributed by atoms with E-state index in [0.717, 1.165) is 22.3 Å². The Morgan fingerprint density at radius 1 is 0.524 bits per heavy atom. The van der Waals surface area contributed by atoms with E-state index in [-0.39, 0.29) is 6.61 Å². The quantitative estimate of drug-likeness (QED) is 0.168. The maximum Gasteiger partial charge on any atom is 0.239 e. The number of ether oxygens (including phenoxy) is 6. The van der Waals surface area contributed by atoms with Crippen molar-refractivity contribution in [2.45, 2.75) is 57.1 Å². The van der Waals surface area contributed by atoms with Crippen LogP contribution in [-0.2, 0) is 54.8 Å². The zero-order chi connectivity index (χ0) is 28.8. The molecule has 1 fully saturated rings. The predicted octanol–water partition coefficient (Wildman–Crippen LogP) is 6.29. The van der Waals surface area contributed by atoms with Crippen LogP contribution in [0.3, 0.4) is 0 Å². The largest absolute Gasteiger partial charge is 0.412 e. The summed E-state index contributed by atoms with van der Waals surface area (Å²) in [7, 11) is 0. The summed E-state index contributed by atoms with van der Waals surface area (Å²) in [4.78, 5) is 0. The van der Waals surface area contributed by atoms with Gasteiger partial charge in [0.05, 0.1) is 33.0 Å². The Balaban J connectivity index is 1.40. The minimum atomic E-state index is -0.888. The van der Waals surface area contributed by atoms with Crippen molar-refractivity contribution in [3.05, 3.63) is 144 Å². The van der Waals surface area contributed by atoms with Crippen LogP contribution in [0.1, 0.15) is 22.3 Å². The smallest absolute Gasteiger partial charge is 0.239 e. The molecule has 5 rings (SSSR count). The van der Waals surface area contributed by atoms with Gasteiger partial charge in [-0.2, -0.15) is 0 Å². The van der Waals surface area contributed by atoms with E-state index in [9.17, 15) is 0 Å². The molecule has 5 atom stereocenters. The molecule has 0 aliphatic carbocycles. The Hall–Kier alpha value is -3.96. The summed E-state index contributed by atoms with van der Waals surface area (Å²) < 4.78 is 37.9. The van der Waals surface area contributed by atoms with Gasteiger partial charge in [-0.05, 0) is 22.3 Å². The molecule has 6 nitrogen and oxygen atoms in total. The lowest BCUT2D eigenvalue weighted by Gasteiger charge is -2.45. The van der Waals surface area contributed by atoms with E-state index < -0.39 is 30.7 Å². The van der Waals surface area contributed by atoms with Crippen LogP contribution in [0.15, 0.2) is 121 Å². The number of terminal acetylenes is 1. The molecule has 6 heteroatoms. The van der Waals surface area contributed by atoms with Gasteiger partial charge in [0.25, 0.3) is 0 Å². The zero-order valence-electron chi connectivity index (χ0n) is 23.5. The molecule has 0 N–H and O–H groups in total. The molecule has 4 aromatic carbocycles. The lowest BCUT2D eigenvalue weighted by Crippen LogP contribution is -2.61. The van der Waals surface area contributed by atoms with Crippen LogP contribution in [0, 0.1) is 12.5 Å². The van der Waals surface area contributed by atoms with Crippen LogP contribution in [0.25, 0.3) is 0 Å². The minimum Gasteiger partial charge on any atom is -0.412 e. The Morgan fingerprint density at radius 3 is 1.38 bits per heavy atom. The van der Waals surface area contributed by atoms with E-state index in [2.05, 4.69) is 6.11 Å². The highest BCUT2D eigenvalue weighted by molar-refractivity contribution is 5.16. The number of hydrogen-bond acceptors (Lipinski definition) is 6. The van der Waals surface area contributed by atoms with Crippen molar-refractivity contribution in [3.8, 4) is 12.5 Å². The van der Waals surface area contributed by atoms with Gasteiger partial charge in [0.1, 0.15) is 30.5 Å². The second-order valence-electron chi connectivity index (χ2n) is 10.1. The lowest BCUT2D eigenvalue weighted by atomic mass is 9.97. The van der Waals surface area contributed by atoms with Crippen LogP contribution < -0.4 is 0 Å². The third-order valence-electron chi connectivity index (χ3n) is 7.02. The van der Waals surface area contributed by atoms with Crippen molar-refractivity contribution in [2.75, 3.05) is 6.61 Å². The summed E-state index contributed by atoms with van der Waals surface area (Å²) >= 11 is 0. The van der Waals surface area contributed by atoms with Crippen molar-refractivity contribution in [1.82, 2.24) is 0 Å². The fraction of sp³-hybridized carbons (Fsp3) is 0.278. The average molecular weight is 565 g/mol. The maximum absolute atomic E-state index is 6.61. The van der Waals surface area contributed by atoms with Gasteiger partial charge < -0.3 is 28.4 Å². The fourth-order valence-electron chi connectivity index (χ4n) is 4.91. The van der Waals surface area contributed by atoms with Gasteiger partial charge in [0.2, 0.25) is 6.29 Å². The minimum absolute atomic E-state index is 0.245. The first-order valence-electron chi connectivity index (χ1n) is 14.1. The van der Waals surface area contributed by atoms with Crippen LogP contribution in [0.2, 0.25) is 0 Å². The summed E-state index contributed by atoms with van der Waals surface area (Å²) in [6, 6.07) is 39.9. The molecule has 42 heavy (non-hydrogen) atoms. The van der Waals surface area contributed by atoms with Crippen LogP contribution in [0.4, 0.5) is 0 Å². The summed E-state index contributed by atoms with van der Waals surface area (Å²) in [6.45, 7) is 1.71. The first-order valence-corrected chi connectivity index (χ1v) is 14.1. The van der Waals surface area contributed by atoms with E-state index in [1.807, 2.05) is 121 Å². The van der Waals surface area contributed by atoms with E-state index in [1.165, 1.54) is 0 Å². The molecule has 1 heterocycles. The zero-order valence-corrected chi connectivity index (χ0v) is 23.5. The molecular weight excluding hydrogens is 528 g/mol. The van der Waals surface area contributed by atoms with Gasteiger partial charge in [-0.25, -0.2) is 0 Å². The highest BCUT2D eigenvalue weighted by atomic mass is 16.7. The molecule has 0 amide bonds. The average Bonchev–Trinajstić information content (AvgIpc) is 3.05. The Bertz CT molecular complexity index is 1340. The molecule has 0 aromatic heterocycles. The number of rotatable bonds is 14. The highest BCUT2D eigenvalue weighted by Gasteiger charge is 2.49.